The van der Waals surface area contributed by atoms with Crippen LogP contribution in [-0.4, -0.2) is 13.2 Å². The zero-order chi connectivity index (χ0) is 10.6. The van der Waals surface area contributed by atoms with E-state index in [1.165, 1.54) is 7.11 Å². The zero-order valence-corrected chi connectivity index (χ0v) is 8.50. The third kappa shape index (κ3) is 2.40. The first-order valence-corrected chi connectivity index (χ1v) is 4.34. The molecule has 0 fully saturated rings. The second kappa shape index (κ2) is 4.52. The first-order valence-electron chi connectivity index (χ1n) is 4.34. The standard InChI is InChI=1S/C11H12NO2/c1-8(2)14-10-5-4-9(7-12)6-11(10)13-3/h4,6,8H,1-3H3. The second-order valence-corrected chi connectivity index (χ2v) is 3.06. The summed E-state index contributed by atoms with van der Waals surface area (Å²) in [6.45, 7) is 3.84. The molecule has 3 nitrogen and oxygen atoms in total. The molecule has 0 aliphatic heterocycles. The Labute approximate surface area is 83.9 Å². The van der Waals surface area contributed by atoms with Crippen molar-refractivity contribution in [1.82, 2.24) is 0 Å². The molecular weight excluding hydrogens is 178 g/mol. The summed E-state index contributed by atoms with van der Waals surface area (Å²) in [5, 5.41) is 8.66. The fourth-order valence-corrected chi connectivity index (χ4v) is 1.01. The van der Waals surface area contributed by atoms with Crippen LogP contribution in [0.5, 0.6) is 11.5 Å². The lowest BCUT2D eigenvalue weighted by molar-refractivity contribution is 0.229. The van der Waals surface area contributed by atoms with E-state index in [-0.39, 0.29) is 6.10 Å². The summed E-state index contributed by atoms with van der Waals surface area (Å²) in [5.74, 6) is 1.08. The minimum Gasteiger partial charge on any atom is -0.493 e. The molecule has 0 amide bonds. The number of hydrogen-bond donors (Lipinski definition) is 0. The zero-order valence-electron chi connectivity index (χ0n) is 8.50. The molecule has 0 aliphatic rings. The van der Waals surface area contributed by atoms with Crippen LogP contribution in [0.3, 0.4) is 0 Å². The van der Waals surface area contributed by atoms with Gasteiger partial charge in [0.25, 0.3) is 0 Å². The minimum atomic E-state index is 0.0630. The highest BCUT2D eigenvalue weighted by Gasteiger charge is 2.07. The van der Waals surface area contributed by atoms with Crippen LogP contribution in [0, 0.1) is 17.4 Å². The normalized spacial score (nSPS) is 9.64. The van der Waals surface area contributed by atoms with Crippen molar-refractivity contribution >= 4 is 0 Å². The predicted octanol–water partition coefficient (Wildman–Crippen LogP) is 2.15. The number of nitriles is 1. The van der Waals surface area contributed by atoms with E-state index in [0.29, 0.717) is 17.1 Å². The van der Waals surface area contributed by atoms with Crippen molar-refractivity contribution < 1.29 is 9.47 Å². The van der Waals surface area contributed by atoms with Gasteiger partial charge >= 0.3 is 0 Å². The average Bonchev–Trinajstić information content (AvgIpc) is 2.17. The topological polar surface area (TPSA) is 42.2 Å². The molecule has 0 spiro atoms. The summed E-state index contributed by atoms with van der Waals surface area (Å²) in [7, 11) is 1.54. The lowest BCUT2D eigenvalue weighted by Gasteiger charge is -2.12. The molecule has 0 atom stereocenters. The highest BCUT2D eigenvalue weighted by molar-refractivity contribution is 5.45. The molecule has 1 aromatic carbocycles. The van der Waals surface area contributed by atoms with Gasteiger partial charge in [0.05, 0.1) is 24.8 Å². The summed E-state index contributed by atoms with van der Waals surface area (Å²) in [6.07, 6.45) is 0.0630. The van der Waals surface area contributed by atoms with E-state index in [2.05, 4.69) is 6.07 Å². The first kappa shape index (κ1) is 10.4. The maximum Gasteiger partial charge on any atom is 0.169 e. The molecule has 0 saturated heterocycles. The maximum absolute atomic E-state index is 8.66. The Morgan fingerprint density at radius 2 is 2.21 bits per heavy atom. The van der Waals surface area contributed by atoms with Crippen LogP contribution in [0.15, 0.2) is 12.1 Å². The Kier molecular flexibility index (Phi) is 3.35. The molecule has 14 heavy (non-hydrogen) atoms. The van der Waals surface area contributed by atoms with Crippen LogP contribution in [0.1, 0.15) is 19.4 Å². The van der Waals surface area contributed by atoms with E-state index in [9.17, 15) is 0 Å². The third-order valence-electron chi connectivity index (χ3n) is 1.57. The van der Waals surface area contributed by atoms with Crippen molar-refractivity contribution in [2.45, 2.75) is 20.0 Å². The largest absolute Gasteiger partial charge is 0.493 e. The first-order chi connectivity index (χ1) is 6.67. The number of benzene rings is 1. The molecule has 0 aromatic heterocycles. The van der Waals surface area contributed by atoms with Crippen molar-refractivity contribution in [2.75, 3.05) is 7.11 Å². The Bertz CT molecular complexity index is 353. The molecule has 0 heterocycles. The van der Waals surface area contributed by atoms with Gasteiger partial charge in [0.2, 0.25) is 0 Å². The molecule has 1 aromatic rings. The number of methoxy groups -OCH3 is 1. The molecule has 0 unspecified atom stereocenters. The van der Waals surface area contributed by atoms with E-state index in [1.807, 2.05) is 19.9 Å². The van der Waals surface area contributed by atoms with E-state index >= 15 is 0 Å². The molecular formula is C11H12NO2. The van der Waals surface area contributed by atoms with Crippen LogP contribution >= 0.6 is 0 Å². The van der Waals surface area contributed by atoms with Crippen molar-refractivity contribution in [2.24, 2.45) is 0 Å². The lowest BCUT2D eigenvalue weighted by Crippen LogP contribution is -2.06. The Balaban J connectivity index is 3.00. The van der Waals surface area contributed by atoms with Gasteiger partial charge in [0.1, 0.15) is 0 Å². The summed E-state index contributed by atoms with van der Waals surface area (Å²) in [4.78, 5) is 0. The van der Waals surface area contributed by atoms with Gasteiger partial charge in [-0.25, -0.2) is 0 Å². The second-order valence-electron chi connectivity index (χ2n) is 3.06. The summed E-state index contributed by atoms with van der Waals surface area (Å²) in [6, 6.07) is 8.10. The monoisotopic (exact) mass is 190 g/mol. The molecule has 0 N–H and O–H groups in total. The van der Waals surface area contributed by atoms with E-state index in [4.69, 9.17) is 14.7 Å². The minimum absolute atomic E-state index is 0.0630. The van der Waals surface area contributed by atoms with Gasteiger partial charge in [-0.2, -0.15) is 5.26 Å². The van der Waals surface area contributed by atoms with Crippen LogP contribution < -0.4 is 9.47 Å². The van der Waals surface area contributed by atoms with E-state index < -0.39 is 0 Å². The lowest BCUT2D eigenvalue weighted by atomic mass is 10.2. The Morgan fingerprint density at radius 1 is 1.50 bits per heavy atom. The summed E-state index contributed by atoms with van der Waals surface area (Å²) in [5.41, 5.74) is 0.512. The van der Waals surface area contributed by atoms with Crippen LogP contribution in [0.25, 0.3) is 0 Å². The van der Waals surface area contributed by atoms with Crippen molar-refractivity contribution in [3.05, 3.63) is 23.8 Å². The van der Waals surface area contributed by atoms with Gasteiger partial charge < -0.3 is 9.47 Å². The molecule has 1 rings (SSSR count). The van der Waals surface area contributed by atoms with E-state index in [0.717, 1.165) is 0 Å². The average molecular weight is 190 g/mol. The number of hydrogen-bond acceptors (Lipinski definition) is 3. The predicted molar refractivity (Wildman–Crippen MR) is 52.3 cm³/mol. The third-order valence-corrected chi connectivity index (χ3v) is 1.57. The fraction of sp³-hybridized carbons (Fsp3) is 0.364. The quantitative estimate of drug-likeness (QED) is 0.733. The number of rotatable bonds is 3. The van der Waals surface area contributed by atoms with Crippen LogP contribution in [0.4, 0.5) is 0 Å². The van der Waals surface area contributed by atoms with Gasteiger partial charge in [-0.05, 0) is 19.9 Å². The van der Waals surface area contributed by atoms with Gasteiger partial charge in [-0.3, -0.25) is 0 Å². The molecule has 0 bridgehead atoms. The summed E-state index contributed by atoms with van der Waals surface area (Å²) >= 11 is 0. The fourth-order valence-electron chi connectivity index (χ4n) is 1.01. The SMILES string of the molecule is COc1cc(C#N)c[c]c1OC(C)C. The van der Waals surface area contributed by atoms with E-state index in [1.54, 1.807) is 12.1 Å². The molecule has 0 saturated carbocycles. The van der Waals surface area contributed by atoms with Gasteiger partial charge in [0, 0.05) is 12.1 Å². The summed E-state index contributed by atoms with van der Waals surface area (Å²) < 4.78 is 10.5. The van der Waals surface area contributed by atoms with Gasteiger partial charge in [0.15, 0.2) is 11.5 Å². The van der Waals surface area contributed by atoms with Crippen molar-refractivity contribution in [1.29, 1.82) is 5.26 Å². The van der Waals surface area contributed by atoms with Crippen molar-refractivity contribution in [3.8, 4) is 17.6 Å². The smallest absolute Gasteiger partial charge is 0.169 e. The maximum atomic E-state index is 8.66. The molecule has 0 aliphatic carbocycles. The molecule has 1 radical (unpaired) electrons. The highest BCUT2D eigenvalue weighted by Crippen LogP contribution is 2.27. The van der Waals surface area contributed by atoms with Crippen molar-refractivity contribution in [3.63, 3.8) is 0 Å². The Hall–Kier alpha value is -1.69. The Morgan fingerprint density at radius 3 is 2.71 bits per heavy atom. The molecule has 73 valence electrons. The molecule has 3 heteroatoms. The van der Waals surface area contributed by atoms with Crippen LogP contribution in [-0.2, 0) is 0 Å². The number of nitrogens with zero attached hydrogens (tertiary/aromatic N) is 1. The highest BCUT2D eigenvalue weighted by atomic mass is 16.5. The van der Waals surface area contributed by atoms with Gasteiger partial charge in [-0.15, -0.1) is 0 Å². The number of ether oxygens (including phenoxy) is 2. The van der Waals surface area contributed by atoms with Gasteiger partial charge in [-0.1, -0.05) is 0 Å². The van der Waals surface area contributed by atoms with Crippen LogP contribution in [0.2, 0.25) is 0 Å².